The molecule has 1 aliphatic rings. The third-order valence-electron chi connectivity index (χ3n) is 3.78. The molecule has 1 fully saturated rings. The van der Waals surface area contributed by atoms with Gasteiger partial charge in [0, 0.05) is 12.6 Å². The lowest BCUT2D eigenvalue weighted by Gasteiger charge is -2.15. The van der Waals surface area contributed by atoms with Crippen molar-refractivity contribution >= 4 is 11.7 Å². The van der Waals surface area contributed by atoms with Crippen LogP contribution in [0.1, 0.15) is 29.6 Å². The molecule has 0 spiro atoms. The van der Waals surface area contributed by atoms with Gasteiger partial charge in [-0.1, -0.05) is 0 Å². The summed E-state index contributed by atoms with van der Waals surface area (Å²) in [6.07, 6.45) is 3.23. The van der Waals surface area contributed by atoms with E-state index in [2.05, 4.69) is 4.90 Å². The number of nitro groups is 1. The van der Waals surface area contributed by atoms with E-state index in [1.165, 1.54) is 20.0 Å². The van der Waals surface area contributed by atoms with Crippen LogP contribution in [0.3, 0.4) is 0 Å². The summed E-state index contributed by atoms with van der Waals surface area (Å²) in [6, 6.07) is 2.23. The molecule has 0 bridgehead atoms. The highest BCUT2D eigenvalue weighted by Crippen LogP contribution is 2.34. The first kappa shape index (κ1) is 17.0. The standard InChI is InChI=1S/C15H20N2O6/c1-22-13-9-11(15(18)19)12(17(20)21)10-14(13)23-8-4-7-16-5-2-3-6-16/h9-10H,2-8H2,1H3,(H,18,19). The number of hydrogen-bond acceptors (Lipinski definition) is 6. The number of carbonyl (C=O) groups is 1. The largest absolute Gasteiger partial charge is 0.493 e. The van der Waals surface area contributed by atoms with Crippen LogP contribution in [0.2, 0.25) is 0 Å². The van der Waals surface area contributed by atoms with Crippen LogP contribution in [-0.4, -0.2) is 54.3 Å². The number of rotatable bonds is 8. The zero-order valence-electron chi connectivity index (χ0n) is 13.0. The quantitative estimate of drug-likeness (QED) is 0.444. The Morgan fingerprint density at radius 3 is 2.61 bits per heavy atom. The predicted octanol–water partition coefficient (Wildman–Crippen LogP) is 2.17. The summed E-state index contributed by atoms with van der Waals surface area (Å²) in [4.78, 5) is 23.7. The minimum absolute atomic E-state index is 0.175. The van der Waals surface area contributed by atoms with Crippen LogP contribution < -0.4 is 9.47 Å². The molecule has 1 aromatic rings. The molecular formula is C15H20N2O6. The Labute approximate surface area is 133 Å². The third kappa shape index (κ3) is 4.32. The monoisotopic (exact) mass is 324 g/mol. The Morgan fingerprint density at radius 1 is 1.35 bits per heavy atom. The zero-order chi connectivity index (χ0) is 16.8. The number of ether oxygens (including phenoxy) is 2. The van der Waals surface area contributed by atoms with Gasteiger partial charge in [-0.25, -0.2) is 4.79 Å². The van der Waals surface area contributed by atoms with Gasteiger partial charge in [0.05, 0.1) is 24.7 Å². The van der Waals surface area contributed by atoms with Crippen molar-refractivity contribution in [2.75, 3.05) is 33.4 Å². The molecule has 8 nitrogen and oxygen atoms in total. The second kappa shape index (κ2) is 7.77. The highest BCUT2D eigenvalue weighted by atomic mass is 16.6. The van der Waals surface area contributed by atoms with Crippen molar-refractivity contribution in [3.63, 3.8) is 0 Å². The van der Waals surface area contributed by atoms with Crippen LogP contribution in [0.25, 0.3) is 0 Å². The van der Waals surface area contributed by atoms with E-state index in [0.717, 1.165) is 38.2 Å². The van der Waals surface area contributed by atoms with Crippen molar-refractivity contribution in [1.82, 2.24) is 4.90 Å². The number of hydrogen-bond donors (Lipinski definition) is 1. The summed E-state index contributed by atoms with van der Waals surface area (Å²) < 4.78 is 10.6. The zero-order valence-corrected chi connectivity index (χ0v) is 13.0. The van der Waals surface area contributed by atoms with Crippen molar-refractivity contribution in [2.24, 2.45) is 0 Å². The molecule has 1 N–H and O–H groups in total. The molecule has 1 heterocycles. The van der Waals surface area contributed by atoms with Crippen LogP contribution in [0.4, 0.5) is 5.69 Å². The third-order valence-corrected chi connectivity index (χ3v) is 3.78. The van der Waals surface area contributed by atoms with E-state index in [4.69, 9.17) is 14.6 Å². The number of likely N-dealkylation sites (tertiary alicyclic amines) is 1. The SMILES string of the molecule is COc1cc(C(=O)O)c([N+](=O)[O-])cc1OCCCN1CCCC1. The number of carboxylic acids is 1. The molecule has 23 heavy (non-hydrogen) atoms. The average molecular weight is 324 g/mol. The first-order valence-electron chi connectivity index (χ1n) is 7.48. The van der Waals surface area contributed by atoms with Gasteiger partial charge in [0.15, 0.2) is 11.5 Å². The van der Waals surface area contributed by atoms with E-state index in [-0.39, 0.29) is 11.5 Å². The summed E-state index contributed by atoms with van der Waals surface area (Å²) in [7, 11) is 1.36. The lowest BCUT2D eigenvalue weighted by atomic mass is 10.1. The highest BCUT2D eigenvalue weighted by Gasteiger charge is 2.24. The highest BCUT2D eigenvalue weighted by molar-refractivity contribution is 5.93. The van der Waals surface area contributed by atoms with E-state index in [0.29, 0.717) is 6.61 Å². The average Bonchev–Trinajstić information content (AvgIpc) is 3.03. The van der Waals surface area contributed by atoms with E-state index in [1.807, 2.05) is 0 Å². The van der Waals surface area contributed by atoms with E-state index in [1.54, 1.807) is 0 Å². The van der Waals surface area contributed by atoms with Crippen LogP contribution in [-0.2, 0) is 0 Å². The molecule has 0 radical (unpaired) electrons. The van der Waals surface area contributed by atoms with Gasteiger partial charge < -0.3 is 19.5 Å². The summed E-state index contributed by atoms with van der Waals surface area (Å²) in [6.45, 7) is 3.50. The lowest BCUT2D eigenvalue weighted by molar-refractivity contribution is -0.385. The second-order valence-electron chi connectivity index (χ2n) is 5.33. The second-order valence-corrected chi connectivity index (χ2v) is 5.33. The first-order valence-corrected chi connectivity index (χ1v) is 7.48. The number of aromatic carboxylic acids is 1. The number of nitrogens with zero attached hydrogens (tertiary/aromatic N) is 2. The smallest absolute Gasteiger partial charge is 0.342 e. The van der Waals surface area contributed by atoms with Crippen LogP contribution >= 0.6 is 0 Å². The molecule has 0 aromatic heterocycles. The van der Waals surface area contributed by atoms with Gasteiger partial charge in [0.2, 0.25) is 0 Å². The molecule has 0 unspecified atom stereocenters. The molecule has 0 aliphatic carbocycles. The number of nitro benzene ring substituents is 1. The number of carboxylic acid groups (broad SMARTS) is 1. The molecule has 1 aliphatic heterocycles. The van der Waals surface area contributed by atoms with Crippen molar-refractivity contribution in [3.8, 4) is 11.5 Å². The summed E-state index contributed by atoms with van der Waals surface area (Å²) >= 11 is 0. The molecular weight excluding hydrogens is 304 g/mol. The minimum atomic E-state index is -1.38. The van der Waals surface area contributed by atoms with E-state index in [9.17, 15) is 14.9 Å². The minimum Gasteiger partial charge on any atom is -0.493 e. The van der Waals surface area contributed by atoms with Gasteiger partial charge in [-0.3, -0.25) is 10.1 Å². The molecule has 0 saturated carbocycles. The van der Waals surface area contributed by atoms with E-state index >= 15 is 0 Å². The molecule has 1 aromatic carbocycles. The van der Waals surface area contributed by atoms with E-state index < -0.39 is 22.1 Å². The maximum atomic E-state index is 11.1. The van der Waals surface area contributed by atoms with Crippen molar-refractivity contribution in [1.29, 1.82) is 0 Å². The number of benzene rings is 1. The van der Waals surface area contributed by atoms with Crippen LogP contribution in [0.5, 0.6) is 11.5 Å². The first-order chi connectivity index (χ1) is 11.0. The summed E-state index contributed by atoms with van der Waals surface area (Å²) in [5.41, 5.74) is -0.927. The molecule has 0 atom stereocenters. The van der Waals surface area contributed by atoms with Gasteiger partial charge in [-0.05, 0) is 32.4 Å². The fourth-order valence-corrected chi connectivity index (χ4v) is 2.62. The molecule has 126 valence electrons. The molecule has 8 heteroatoms. The van der Waals surface area contributed by atoms with Crippen LogP contribution in [0.15, 0.2) is 12.1 Å². The Balaban J connectivity index is 2.05. The fourth-order valence-electron chi connectivity index (χ4n) is 2.62. The molecule has 0 amide bonds. The maximum Gasteiger partial charge on any atom is 0.342 e. The van der Waals surface area contributed by atoms with Crippen molar-refractivity contribution < 1.29 is 24.3 Å². The Bertz CT molecular complexity index is 584. The Hall–Kier alpha value is -2.35. The van der Waals surface area contributed by atoms with Crippen molar-refractivity contribution in [3.05, 3.63) is 27.8 Å². The predicted molar refractivity (Wildman–Crippen MR) is 82.4 cm³/mol. The van der Waals surface area contributed by atoms with Gasteiger partial charge >= 0.3 is 5.97 Å². The Kier molecular flexibility index (Phi) is 5.75. The lowest BCUT2D eigenvalue weighted by Crippen LogP contribution is -2.22. The fraction of sp³-hybridized carbons (Fsp3) is 0.533. The summed E-state index contributed by atoms with van der Waals surface area (Å²) in [5, 5.41) is 20.1. The van der Waals surface area contributed by atoms with Gasteiger partial charge in [0.25, 0.3) is 5.69 Å². The molecule has 2 rings (SSSR count). The Morgan fingerprint density at radius 2 is 2.04 bits per heavy atom. The molecule has 1 saturated heterocycles. The maximum absolute atomic E-state index is 11.1. The van der Waals surface area contributed by atoms with Crippen LogP contribution in [0, 0.1) is 10.1 Å². The number of methoxy groups -OCH3 is 1. The summed E-state index contributed by atoms with van der Waals surface area (Å²) in [5.74, 6) is -1.02. The van der Waals surface area contributed by atoms with Gasteiger partial charge in [-0.2, -0.15) is 0 Å². The normalized spacial score (nSPS) is 14.7. The van der Waals surface area contributed by atoms with Gasteiger partial charge in [0.1, 0.15) is 5.56 Å². The van der Waals surface area contributed by atoms with Gasteiger partial charge in [-0.15, -0.1) is 0 Å². The topological polar surface area (TPSA) is 102 Å². The van der Waals surface area contributed by atoms with Crippen molar-refractivity contribution in [2.45, 2.75) is 19.3 Å².